The Morgan fingerprint density at radius 3 is 2.61 bits per heavy atom. The number of halogens is 3. The minimum Gasteiger partial charge on any atom is -0.192 e. The Morgan fingerprint density at radius 2 is 1.89 bits per heavy atom. The second-order valence-corrected chi connectivity index (χ2v) is 6.34. The zero-order valence-corrected chi connectivity index (χ0v) is 12.9. The highest BCUT2D eigenvalue weighted by Gasteiger charge is 2.06. The summed E-state index contributed by atoms with van der Waals surface area (Å²) in [6, 6.07) is 12.9. The molecule has 2 aromatic rings. The van der Waals surface area contributed by atoms with Gasteiger partial charge in [0.25, 0.3) is 0 Å². The van der Waals surface area contributed by atoms with E-state index in [0.29, 0.717) is 15.6 Å². The first-order valence-electron chi connectivity index (χ1n) is 4.92. The molecule has 0 aliphatic heterocycles. The summed E-state index contributed by atoms with van der Waals surface area (Å²) in [6.07, 6.45) is 0. The van der Waals surface area contributed by atoms with Gasteiger partial charge in [0.15, 0.2) is 0 Å². The normalized spacial score (nSPS) is 10.1. The molecule has 0 unspecified atom stereocenters. The maximum absolute atomic E-state index is 8.92. The fourth-order valence-corrected chi connectivity index (χ4v) is 3.46. The van der Waals surface area contributed by atoms with E-state index in [1.54, 1.807) is 18.2 Å². The Morgan fingerprint density at radius 1 is 1.11 bits per heavy atom. The van der Waals surface area contributed by atoms with Crippen LogP contribution in [0, 0.1) is 11.3 Å². The lowest BCUT2D eigenvalue weighted by atomic mass is 10.2. The number of rotatable bonds is 2. The molecular weight excluding hydrogens is 353 g/mol. The summed E-state index contributed by atoms with van der Waals surface area (Å²) in [6.45, 7) is 0. The molecule has 0 bridgehead atoms. The van der Waals surface area contributed by atoms with Crippen LogP contribution in [0.25, 0.3) is 0 Å². The van der Waals surface area contributed by atoms with Gasteiger partial charge in [0, 0.05) is 19.3 Å². The third-order valence-electron chi connectivity index (χ3n) is 2.12. The Balaban J connectivity index is 2.37. The summed E-state index contributed by atoms with van der Waals surface area (Å²) in [5, 5.41) is 10.2. The van der Waals surface area contributed by atoms with Gasteiger partial charge in [0.2, 0.25) is 0 Å². The van der Waals surface area contributed by atoms with Crippen LogP contribution in [-0.4, -0.2) is 0 Å². The van der Waals surface area contributed by atoms with Crippen molar-refractivity contribution in [3.05, 3.63) is 56.5 Å². The van der Waals surface area contributed by atoms with Gasteiger partial charge in [0.1, 0.15) is 0 Å². The number of nitriles is 1. The number of nitrogens with zero attached hydrogens (tertiary/aromatic N) is 1. The predicted molar refractivity (Wildman–Crippen MR) is 79.4 cm³/mol. The largest absolute Gasteiger partial charge is 0.192 e. The van der Waals surface area contributed by atoms with Gasteiger partial charge < -0.3 is 0 Å². The van der Waals surface area contributed by atoms with E-state index in [1.165, 1.54) is 11.8 Å². The number of hydrogen-bond acceptors (Lipinski definition) is 2. The average Bonchev–Trinajstić information content (AvgIpc) is 2.33. The van der Waals surface area contributed by atoms with Crippen molar-refractivity contribution in [1.82, 2.24) is 0 Å². The average molecular weight is 359 g/mol. The number of hydrogen-bond donors (Lipinski definition) is 0. The molecule has 0 N–H and O–H groups in total. The predicted octanol–water partition coefficient (Wildman–Crippen LogP) is 5.78. The quantitative estimate of drug-likeness (QED) is 0.679. The molecule has 0 fully saturated rings. The summed E-state index contributed by atoms with van der Waals surface area (Å²) in [5.41, 5.74) is 0.602. The maximum Gasteiger partial charge on any atom is 0.0992 e. The molecule has 0 heterocycles. The van der Waals surface area contributed by atoms with Crippen molar-refractivity contribution in [2.45, 2.75) is 9.79 Å². The highest BCUT2D eigenvalue weighted by atomic mass is 79.9. The zero-order valence-electron chi connectivity index (χ0n) is 8.95. The molecule has 2 rings (SSSR count). The lowest BCUT2D eigenvalue weighted by Crippen LogP contribution is -1.80. The molecule has 0 radical (unpaired) electrons. The van der Waals surface area contributed by atoms with Crippen LogP contribution in [0.15, 0.2) is 50.7 Å². The lowest BCUT2D eigenvalue weighted by Gasteiger charge is -2.05. The molecule has 0 spiro atoms. The molecule has 90 valence electrons. The standard InChI is InChI=1S/C13H6BrCl2NS/c14-9-3-8(7-17)4-11(5-9)18-13-6-10(15)1-2-12(13)16/h1-6H. The van der Waals surface area contributed by atoms with Crippen LogP contribution in [0.2, 0.25) is 10.0 Å². The summed E-state index contributed by atoms with van der Waals surface area (Å²) in [7, 11) is 0. The molecule has 5 heteroatoms. The van der Waals surface area contributed by atoms with Gasteiger partial charge in [-0.15, -0.1) is 0 Å². The van der Waals surface area contributed by atoms with Crippen molar-refractivity contribution in [1.29, 1.82) is 5.26 Å². The third kappa shape index (κ3) is 3.43. The summed E-state index contributed by atoms with van der Waals surface area (Å²) < 4.78 is 0.863. The highest BCUT2D eigenvalue weighted by molar-refractivity contribution is 9.10. The summed E-state index contributed by atoms with van der Waals surface area (Å²) in [5.74, 6) is 0. The first-order chi connectivity index (χ1) is 8.58. The molecular formula is C13H6BrCl2NS. The topological polar surface area (TPSA) is 23.8 Å². The maximum atomic E-state index is 8.92. The van der Waals surface area contributed by atoms with Gasteiger partial charge in [-0.2, -0.15) is 5.26 Å². The number of benzene rings is 2. The first-order valence-corrected chi connectivity index (χ1v) is 7.28. The van der Waals surface area contributed by atoms with E-state index in [2.05, 4.69) is 22.0 Å². The Bertz CT molecular complexity index is 637. The lowest BCUT2D eigenvalue weighted by molar-refractivity contribution is 1.36. The van der Waals surface area contributed by atoms with E-state index in [0.717, 1.165) is 14.3 Å². The van der Waals surface area contributed by atoms with Crippen LogP contribution in [0.5, 0.6) is 0 Å². The minimum absolute atomic E-state index is 0.602. The van der Waals surface area contributed by atoms with E-state index in [-0.39, 0.29) is 0 Å². The molecule has 2 aromatic carbocycles. The van der Waals surface area contributed by atoms with Crippen LogP contribution < -0.4 is 0 Å². The van der Waals surface area contributed by atoms with Crippen LogP contribution in [0.4, 0.5) is 0 Å². The van der Waals surface area contributed by atoms with Crippen molar-refractivity contribution < 1.29 is 0 Å². The smallest absolute Gasteiger partial charge is 0.0992 e. The van der Waals surface area contributed by atoms with E-state index < -0.39 is 0 Å². The van der Waals surface area contributed by atoms with Crippen molar-refractivity contribution in [2.24, 2.45) is 0 Å². The fraction of sp³-hybridized carbons (Fsp3) is 0. The fourth-order valence-electron chi connectivity index (χ4n) is 1.37. The Hall–Kier alpha value is -0.660. The molecule has 18 heavy (non-hydrogen) atoms. The third-order valence-corrected chi connectivity index (χ3v) is 4.29. The van der Waals surface area contributed by atoms with Crippen LogP contribution in [0.3, 0.4) is 0 Å². The molecule has 0 aliphatic carbocycles. The van der Waals surface area contributed by atoms with Gasteiger partial charge in [0.05, 0.1) is 16.7 Å². The second-order valence-electron chi connectivity index (χ2n) is 3.46. The highest BCUT2D eigenvalue weighted by Crippen LogP contribution is 2.36. The summed E-state index contributed by atoms with van der Waals surface area (Å²) >= 11 is 16.9. The zero-order chi connectivity index (χ0) is 13.1. The van der Waals surface area contributed by atoms with Crippen LogP contribution >= 0.6 is 50.9 Å². The van der Waals surface area contributed by atoms with Crippen molar-refractivity contribution >= 4 is 50.9 Å². The van der Waals surface area contributed by atoms with Gasteiger partial charge >= 0.3 is 0 Å². The van der Waals surface area contributed by atoms with Crippen LogP contribution in [-0.2, 0) is 0 Å². The van der Waals surface area contributed by atoms with E-state index >= 15 is 0 Å². The monoisotopic (exact) mass is 357 g/mol. The molecule has 0 amide bonds. The summed E-state index contributed by atoms with van der Waals surface area (Å²) in [4.78, 5) is 1.80. The molecule has 0 atom stereocenters. The molecule has 0 aliphatic rings. The van der Waals surface area contributed by atoms with E-state index in [4.69, 9.17) is 28.5 Å². The second kappa shape index (κ2) is 5.99. The SMILES string of the molecule is N#Cc1cc(Br)cc(Sc2cc(Cl)ccc2Cl)c1. The van der Waals surface area contributed by atoms with Gasteiger partial charge in [-0.25, -0.2) is 0 Å². The van der Waals surface area contributed by atoms with Crippen molar-refractivity contribution in [3.63, 3.8) is 0 Å². The molecule has 1 nitrogen and oxygen atoms in total. The van der Waals surface area contributed by atoms with Gasteiger partial charge in [-0.05, 0) is 36.4 Å². The Kier molecular flexibility index (Phi) is 4.58. The molecule has 0 saturated heterocycles. The minimum atomic E-state index is 0.602. The molecule has 0 saturated carbocycles. The van der Waals surface area contributed by atoms with Gasteiger partial charge in [-0.1, -0.05) is 50.9 Å². The van der Waals surface area contributed by atoms with Crippen molar-refractivity contribution in [2.75, 3.05) is 0 Å². The Labute approximate surface area is 128 Å². The van der Waals surface area contributed by atoms with Gasteiger partial charge in [-0.3, -0.25) is 0 Å². The van der Waals surface area contributed by atoms with Crippen LogP contribution in [0.1, 0.15) is 5.56 Å². The first kappa shape index (κ1) is 13.8. The molecule has 0 aromatic heterocycles. The van der Waals surface area contributed by atoms with Crippen molar-refractivity contribution in [3.8, 4) is 6.07 Å². The van der Waals surface area contributed by atoms with E-state index in [1.807, 2.05) is 18.2 Å². The van der Waals surface area contributed by atoms with E-state index in [9.17, 15) is 0 Å².